The van der Waals surface area contributed by atoms with Crippen molar-refractivity contribution in [1.82, 2.24) is 0 Å². The number of methoxy groups -OCH3 is 1. The molecule has 2 N–H and O–H groups in total. The fourth-order valence-electron chi connectivity index (χ4n) is 1.14. The minimum atomic E-state index is -0.324. The van der Waals surface area contributed by atoms with E-state index in [1.165, 1.54) is 7.11 Å². The molecule has 0 aliphatic carbocycles. The van der Waals surface area contributed by atoms with Gasteiger partial charge in [-0.1, -0.05) is 6.07 Å². The molecule has 0 saturated carbocycles. The van der Waals surface area contributed by atoms with Crippen molar-refractivity contribution in [3.05, 3.63) is 34.9 Å². The Kier molecular flexibility index (Phi) is 3.03. The van der Waals surface area contributed by atoms with Gasteiger partial charge in [-0.05, 0) is 30.2 Å². The number of carbonyl (C=O) groups excluding carboxylic acids is 1. The molecule has 1 rings (SSSR count). The van der Waals surface area contributed by atoms with Crippen molar-refractivity contribution in [3.8, 4) is 0 Å². The van der Waals surface area contributed by atoms with Gasteiger partial charge in [-0.3, -0.25) is 0 Å². The van der Waals surface area contributed by atoms with Crippen molar-refractivity contribution in [2.45, 2.75) is 13.5 Å². The largest absolute Gasteiger partial charge is 0.465 e. The van der Waals surface area contributed by atoms with Gasteiger partial charge in [0.2, 0.25) is 0 Å². The molecule has 0 aromatic heterocycles. The van der Waals surface area contributed by atoms with Crippen LogP contribution in [0.2, 0.25) is 0 Å². The van der Waals surface area contributed by atoms with Gasteiger partial charge in [0.15, 0.2) is 0 Å². The summed E-state index contributed by atoms with van der Waals surface area (Å²) < 4.78 is 4.60. The van der Waals surface area contributed by atoms with Crippen molar-refractivity contribution >= 4 is 5.97 Å². The summed E-state index contributed by atoms with van der Waals surface area (Å²) in [5, 5.41) is 0. The minimum absolute atomic E-state index is 0.324. The summed E-state index contributed by atoms with van der Waals surface area (Å²) in [4.78, 5) is 11.1. The molecule has 0 atom stereocenters. The second-order valence-corrected chi connectivity index (χ2v) is 2.84. The zero-order valence-corrected chi connectivity index (χ0v) is 7.83. The Morgan fingerprint density at radius 2 is 2.23 bits per heavy atom. The van der Waals surface area contributed by atoms with E-state index in [0.717, 1.165) is 11.1 Å². The molecule has 1 aromatic carbocycles. The Bertz CT molecular complexity index is 321. The van der Waals surface area contributed by atoms with Crippen molar-refractivity contribution in [2.24, 2.45) is 5.73 Å². The van der Waals surface area contributed by atoms with Gasteiger partial charge < -0.3 is 10.5 Å². The lowest BCUT2D eigenvalue weighted by atomic mass is 10.1. The summed E-state index contributed by atoms with van der Waals surface area (Å²) >= 11 is 0. The number of carbonyl (C=O) groups is 1. The molecule has 13 heavy (non-hydrogen) atoms. The highest BCUT2D eigenvalue weighted by atomic mass is 16.5. The number of rotatable bonds is 2. The summed E-state index contributed by atoms with van der Waals surface area (Å²) in [6.45, 7) is 2.40. The van der Waals surface area contributed by atoms with Crippen LogP contribution in [0.25, 0.3) is 0 Å². The number of nitrogens with two attached hydrogens (primary N) is 1. The Balaban J connectivity index is 3.06. The molecule has 0 radical (unpaired) electrons. The van der Waals surface area contributed by atoms with E-state index in [2.05, 4.69) is 4.74 Å². The van der Waals surface area contributed by atoms with E-state index in [1.54, 1.807) is 12.1 Å². The summed E-state index contributed by atoms with van der Waals surface area (Å²) in [5.74, 6) is -0.324. The third-order valence-corrected chi connectivity index (χ3v) is 1.99. The lowest BCUT2D eigenvalue weighted by Gasteiger charge is -2.04. The zero-order chi connectivity index (χ0) is 9.84. The Hall–Kier alpha value is -1.35. The van der Waals surface area contributed by atoms with Crippen LogP contribution >= 0.6 is 0 Å². The van der Waals surface area contributed by atoms with Gasteiger partial charge in [-0.25, -0.2) is 4.79 Å². The number of hydrogen-bond acceptors (Lipinski definition) is 3. The third kappa shape index (κ3) is 2.06. The van der Waals surface area contributed by atoms with Gasteiger partial charge in [0.1, 0.15) is 0 Å². The van der Waals surface area contributed by atoms with Crippen LogP contribution in [-0.2, 0) is 11.3 Å². The van der Waals surface area contributed by atoms with Gasteiger partial charge in [-0.2, -0.15) is 0 Å². The first-order valence-electron chi connectivity index (χ1n) is 4.07. The summed E-state index contributed by atoms with van der Waals surface area (Å²) in [5.41, 5.74) is 8.13. The summed E-state index contributed by atoms with van der Waals surface area (Å²) in [6, 6.07) is 5.37. The van der Waals surface area contributed by atoms with Crippen LogP contribution in [0.15, 0.2) is 18.2 Å². The molecule has 0 amide bonds. The predicted molar refractivity (Wildman–Crippen MR) is 50.4 cm³/mol. The van der Waals surface area contributed by atoms with Crippen LogP contribution in [-0.4, -0.2) is 13.1 Å². The van der Waals surface area contributed by atoms with Crippen LogP contribution in [0.3, 0.4) is 0 Å². The Labute approximate surface area is 77.5 Å². The number of aryl methyl sites for hydroxylation is 1. The first-order valence-corrected chi connectivity index (χ1v) is 4.07. The van der Waals surface area contributed by atoms with Crippen LogP contribution in [0, 0.1) is 6.92 Å². The van der Waals surface area contributed by atoms with Gasteiger partial charge in [-0.15, -0.1) is 0 Å². The predicted octanol–water partition coefficient (Wildman–Crippen LogP) is 1.24. The summed E-state index contributed by atoms with van der Waals surface area (Å²) in [6.07, 6.45) is 0. The Morgan fingerprint density at radius 1 is 1.54 bits per heavy atom. The average Bonchev–Trinajstić information content (AvgIpc) is 2.17. The third-order valence-electron chi connectivity index (χ3n) is 1.99. The Morgan fingerprint density at radius 3 is 2.77 bits per heavy atom. The van der Waals surface area contributed by atoms with Crippen molar-refractivity contribution in [1.29, 1.82) is 0 Å². The molecular weight excluding hydrogens is 166 g/mol. The second kappa shape index (κ2) is 4.05. The molecule has 3 heteroatoms. The first kappa shape index (κ1) is 9.74. The van der Waals surface area contributed by atoms with Gasteiger partial charge in [0.25, 0.3) is 0 Å². The fraction of sp³-hybridized carbons (Fsp3) is 0.300. The lowest BCUT2D eigenvalue weighted by Crippen LogP contribution is -2.05. The molecule has 0 saturated heterocycles. The van der Waals surface area contributed by atoms with Gasteiger partial charge in [0.05, 0.1) is 12.7 Å². The van der Waals surface area contributed by atoms with E-state index in [1.807, 2.05) is 13.0 Å². The van der Waals surface area contributed by atoms with Gasteiger partial charge >= 0.3 is 5.97 Å². The van der Waals surface area contributed by atoms with E-state index in [-0.39, 0.29) is 5.97 Å². The molecule has 0 bridgehead atoms. The van der Waals surface area contributed by atoms with E-state index in [9.17, 15) is 4.79 Å². The normalized spacial score (nSPS) is 9.77. The number of hydrogen-bond donors (Lipinski definition) is 1. The highest BCUT2D eigenvalue weighted by molar-refractivity contribution is 5.89. The smallest absolute Gasteiger partial charge is 0.337 e. The molecule has 0 aliphatic rings. The molecule has 0 spiro atoms. The van der Waals surface area contributed by atoms with E-state index >= 15 is 0 Å². The molecule has 70 valence electrons. The minimum Gasteiger partial charge on any atom is -0.465 e. The second-order valence-electron chi connectivity index (χ2n) is 2.84. The maximum atomic E-state index is 11.1. The van der Waals surface area contributed by atoms with Crippen LogP contribution in [0.4, 0.5) is 0 Å². The van der Waals surface area contributed by atoms with E-state index in [0.29, 0.717) is 12.1 Å². The molecule has 0 aliphatic heterocycles. The molecular formula is C10H13NO2. The van der Waals surface area contributed by atoms with Crippen LogP contribution in [0.5, 0.6) is 0 Å². The molecule has 0 fully saturated rings. The molecule has 1 aromatic rings. The van der Waals surface area contributed by atoms with Crippen molar-refractivity contribution in [3.63, 3.8) is 0 Å². The lowest BCUT2D eigenvalue weighted by molar-refractivity contribution is 0.0600. The molecule has 3 nitrogen and oxygen atoms in total. The molecule has 0 heterocycles. The number of esters is 1. The topological polar surface area (TPSA) is 52.3 Å². The highest BCUT2D eigenvalue weighted by Crippen LogP contribution is 2.11. The zero-order valence-electron chi connectivity index (χ0n) is 7.83. The monoisotopic (exact) mass is 179 g/mol. The maximum Gasteiger partial charge on any atom is 0.337 e. The van der Waals surface area contributed by atoms with Crippen molar-refractivity contribution in [2.75, 3.05) is 7.11 Å². The standard InChI is InChI=1S/C10H13NO2/c1-7-3-4-8(10(12)13-2)5-9(7)6-11/h3-5H,6,11H2,1-2H3. The number of benzene rings is 1. The van der Waals surface area contributed by atoms with E-state index < -0.39 is 0 Å². The average molecular weight is 179 g/mol. The fourth-order valence-corrected chi connectivity index (χ4v) is 1.14. The van der Waals surface area contributed by atoms with E-state index in [4.69, 9.17) is 5.73 Å². The first-order chi connectivity index (χ1) is 6.19. The van der Waals surface area contributed by atoms with Crippen molar-refractivity contribution < 1.29 is 9.53 Å². The van der Waals surface area contributed by atoms with Gasteiger partial charge in [0, 0.05) is 6.54 Å². The maximum absolute atomic E-state index is 11.1. The molecule has 0 unspecified atom stereocenters. The highest BCUT2D eigenvalue weighted by Gasteiger charge is 2.06. The quantitative estimate of drug-likeness (QED) is 0.695. The SMILES string of the molecule is COC(=O)c1ccc(C)c(CN)c1. The van der Waals surface area contributed by atoms with Crippen LogP contribution < -0.4 is 5.73 Å². The summed E-state index contributed by atoms with van der Waals surface area (Å²) in [7, 11) is 1.37. The number of ether oxygens (including phenoxy) is 1. The van der Waals surface area contributed by atoms with Crippen LogP contribution in [0.1, 0.15) is 21.5 Å².